The highest BCUT2D eigenvalue weighted by Gasteiger charge is 2.18. The fraction of sp³-hybridized carbons (Fsp3) is 0.727. The average molecular weight is 227 g/mol. The Morgan fingerprint density at radius 1 is 1.19 bits per heavy atom. The summed E-state index contributed by atoms with van der Waals surface area (Å²) in [4.78, 5) is 26.7. The minimum absolute atomic E-state index is 0.0452. The molecule has 0 aromatic rings. The van der Waals surface area contributed by atoms with Crippen molar-refractivity contribution in [3.8, 4) is 0 Å². The zero-order valence-electron chi connectivity index (χ0n) is 9.44. The molecule has 0 radical (unpaired) electrons. The number of carboxylic acid groups (broad SMARTS) is 1. The lowest BCUT2D eigenvalue weighted by Crippen LogP contribution is -2.23. The van der Waals surface area contributed by atoms with Crippen LogP contribution in [0.4, 0.5) is 0 Å². The summed E-state index contributed by atoms with van der Waals surface area (Å²) in [6, 6.07) is 0. The molecule has 0 saturated heterocycles. The molecular formula is C11H17NO4. The molecule has 0 aliphatic heterocycles. The summed E-state index contributed by atoms with van der Waals surface area (Å²) >= 11 is 0. The van der Waals surface area contributed by atoms with Crippen molar-refractivity contribution in [2.75, 3.05) is 0 Å². The van der Waals surface area contributed by atoms with Gasteiger partial charge in [0.2, 0.25) is 5.71 Å². The van der Waals surface area contributed by atoms with Crippen LogP contribution in [-0.2, 0) is 14.4 Å². The van der Waals surface area contributed by atoms with E-state index < -0.39 is 17.5 Å². The standard InChI is InChI=1S/C11H17NO4/c1-8(13)10(11(14)15)12-16-9-6-4-2-3-5-7-9/h9H,2-7H2,1H3,(H,14,15)/b12-10+. The number of carbonyl (C=O) groups excluding carboxylic acids is 1. The van der Waals surface area contributed by atoms with Crippen LogP contribution < -0.4 is 0 Å². The summed E-state index contributed by atoms with van der Waals surface area (Å²) in [5.41, 5.74) is -0.524. The van der Waals surface area contributed by atoms with E-state index >= 15 is 0 Å². The SMILES string of the molecule is CC(=O)/C(=N\OC1CCCCCC1)C(=O)O. The third-order valence-electron chi connectivity index (χ3n) is 2.63. The van der Waals surface area contributed by atoms with E-state index in [1.54, 1.807) is 0 Å². The average Bonchev–Trinajstić information content (AvgIpc) is 2.45. The van der Waals surface area contributed by atoms with Crippen molar-refractivity contribution in [3.63, 3.8) is 0 Å². The van der Waals surface area contributed by atoms with Crippen LogP contribution in [0.3, 0.4) is 0 Å². The lowest BCUT2D eigenvalue weighted by atomic mass is 10.2. The van der Waals surface area contributed by atoms with E-state index in [1.165, 1.54) is 19.8 Å². The highest BCUT2D eigenvalue weighted by atomic mass is 16.6. The van der Waals surface area contributed by atoms with Gasteiger partial charge in [-0.25, -0.2) is 4.79 Å². The first-order chi connectivity index (χ1) is 7.61. The molecule has 1 saturated carbocycles. The van der Waals surface area contributed by atoms with Gasteiger partial charge in [0.15, 0.2) is 5.78 Å². The van der Waals surface area contributed by atoms with Crippen molar-refractivity contribution in [2.24, 2.45) is 5.16 Å². The second kappa shape index (κ2) is 6.25. The minimum Gasteiger partial charge on any atom is -0.476 e. The number of carbonyl (C=O) groups is 2. The van der Waals surface area contributed by atoms with Crippen molar-refractivity contribution in [2.45, 2.75) is 51.6 Å². The van der Waals surface area contributed by atoms with Crippen LogP contribution in [0.2, 0.25) is 0 Å². The summed E-state index contributed by atoms with van der Waals surface area (Å²) in [6.45, 7) is 1.17. The van der Waals surface area contributed by atoms with Crippen LogP contribution in [0.25, 0.3) is 0 Å². The van der Waals surface area contributed by atoms with E-state index in [0.29, 0.717) is 0 Å². The number of nitrogens with zero attached hydrogens (tertiary/aromatic N) is 1. The van der Waals surface area contributed by atoms with Gasteiger partial charge in [-0.3, -0.25) is 4.79 Å². The normalized spacial score (nSPS) is 18.9. The number of rotatable bonds is 4. The molecule has 1 rings (SSSR count). The van der Waals surface area contributed by atoms with Crippen molar-refractivity contribution in [1.29, 1.82) is 0 Å². The van der Waals surface area contributed by atoms with Gasteiger partial charge < -0.3 is 9.94 Å². The lowest BCUT2D eigenvalue weighted by molar-refractivity contribution is -0.130. The molecular weight excluding hydrogens is 210 g/mol. The maximum absolute atomic E-state index is 10.9. The molecule has 0 aromatic carbocycles. The number of hydrogen-bond acceptors (Lipinski definition) is 4. The second-order valence-corrected chi connectivity index (χ2v) is 4.02. The molecule has 1 fully saturated rings. The zero-order valence-corrected chi connectivity index (χ0v) is 9.44. The maximum atomic E-state index is 10.9. The number of Topliss-reactive ketones (excluding diaryl/α,β-unsaturated/α-hetero) is 1. The number of oxime groups is 1. The summed E-state index contributed by atoms with van der Waals surface area (Å²) in [5, 5.41) is 12.2. The molecule has 0 heterocycles. The molecule has 5 heteroatoms. The van der Waals surface area contributed by atoms with E-state index in [9.17, 15) is 9.59 Å². The Balaban J connectivity index is 2.54. The smallest absolute Gasteiger partial charge is 0.361 e. The van der Waals surface area contributed by atoms with Gasteiger partial charge in [0, 0.05) is 6.92 Å². The van der Waals surface area contributed by atoms with Gasteiger partial charge in [-0.15, -0.1) is 0 Å². The van der Waals surface area contributed by atoms with Crippen LogP contribution >= 0.6 is 0 Å². The molecule has 5 nitrogen and oxygen atoms in total. The predicted molar refractivity (Wildman–Crippen MR) is 58.3 cm³/mol. The molecule has 16 heavy (non-hydrogen) atoms. The Morgan fingerprint density at radius 3 is 2.19 bits per heavy atom. The summed E-state index contributed by atoms with van der Waals surface area (Å²) in [7, 11) is 0. The summed E-state index contributed by atoms with van der Waals surface area (Å²) in [5.74, 6) is -1.91. The Hall–Kier alpha value is -1.39. The molecule has 0 bridgehead atoms. The van der Waals surface area contributed by atoms with Gasteiger partial charge >= 0.3 is 5.97 Å². The Bertz CT molecular complexity index is 274. The Labute approximate surface area is 94.5 Å². The monoisotopic (exact) mass is 227 g/mol. The number of hydrogen-bond donors (Lipinski definition) is 1. The van der Waals surface area contributed by atoms with E-state index in [4.69, 9.17) is 9.94 Å². The third-order valence-corrected chi connectivity index (χ3v) is 2.63. The maximum Gasteiger partial charge on any atom is 0.361 e. The van der Waals surface area contributed by atoms with Crippen LogP contribution in [0.1, 0.15) is 45.4 Å². The largest absolute Gasteiger partial charge is 0.476 e. The van der Waals surface area contributed by atoms with Crippen molar-refractivity contribution in [1.82, 2.24) is 0 Å². The van der Waals surface area contributed by atoms with E-state index in [2.05, 4.69) is 5.16 Å². The van der Waals surface area contributed by atoms with E-state index in [-0.39, 0.29) is 6.10 Å². The molecule has 1 aliphatic rings. The van der Waals surface area contributed by atoms with Gasteiger partial charge in [0.25, 0.3) is 0 Å². The number of carboxylic acids is 1. The fourth-order valence-electron chi connectivity index (χ4n) is 1.73. The van der Waals surface area contributed by atoms with Gasteiger partial charge in [0.05, 0.1) is 0 Å². The fourth-order valence-corrected chi connectivity index (χ4v) is 1.73. The predicted octanol–water partition coefficient (Wildman–Crippen LogP) is 1.76. The molecule has 90 valence electrons. The number of ketones is 1. The third kappa shape index (κ3) is 4.00. The number of aliphatic carboxylic acids is 1. The van der Waals surface area contributed by atoms with Crippen LogP contribution in [0.5, 0.6) is 0 Å². The van der Waals surface area contributed by atoms with Gasteiger partial charge in [0.1, 0.15) is 6.10 Å². The first kappa shape index (κ1) is 12.7. The summed E-state index contributed by atoms with van der Waals surface area (Å²) < 4.78 is 0. The second-order valence-electron chi connectivity index (χ2n) is 4.02. The van der Waals surface area contributed by atoms with E-state index in [1.807, 2.05) is 0 Å². The van der Waals surface area contributed by atoms with Crippen LogP contribution in [0, 0.1) is 0 Å². The molecule has 0 amide bonds. The first-order valence-electron chi connectivity index (χ1n) is 5.59. The van der Waals surface area contributed by atoms with Crippen LogP contribution in [-0.4, -0.2) is 28.7 Å². The van der Waals surface area contributed by atoms with Gasteiger partial charge in [-0.2, -0.15) is 0 Å². The Morgan fingerprint density at radius 2 is 1.75 bits per heavy atom. The van der Waals surface area contributed by atoms with Crippen molar-refractivity contribution in [3.05, 3.63) is 0 Å². The minimum atomic E-state index is -1.33. The molecule has 0 spiro atoms. The lowest BCUT2D eigenvalue weighted by Gasteiger charge is -2.11. The topological polar surface area (TPSA) is 76.0 Å². The molecule has 0 unspecified atom stereocenters. The van der Waals surface area contributed by atoms with Crippen molar-refractivity contribution >= 4 is 17.5 Å². The van der Waals surface area contributed by atoms with E-state index in [0.717, 1.165) is 25.7 Å². The highest BCUT2D eigenvalue weighted by Crippen LogP contribution is 2.19. The van der Waals surface area contributed by atoms with Crippen LogP contribution in [0.15, 0.2) is 5.16 Å². The Kier molecular flexibility index (Phi) is 4.95. The highest BCUT2D eigenvalue weighted by molar-refractivity contribution is 6.63. The summed E-state index contributed by atoms with van der Waals surface area (Å²) in [6.07, 6.45) is 6.23. The molecule has 0 atom stereocenters. The van der Waals surface area contributed by atoms with Crippen molar-refractivity contribution < 1.29 is 19.5 Å². The molecule has 0 aromatic heterocycles. The zero-order chi connectivity index (χ0) is 12.0. The van der Waals surface area contributed by atoms with Gasteiger partial charge in [-0.1, -0.05) is 18.0 Å². The first-order valence-corrected chi connectivity index (χ1v) is 5.59. The quantitative estimate of drug-likeness (QED) is 0.343. The van der Waals surface area contributed by atoms with Gasteiger partial charge in [-0.05, 0) is 25.7 Å². The molecule has 1 N–H and O–H groups in total. The molecule has 1 aliphatic carbocycles.